The highest BCUT2D eigenvalue weighted by Crippen LogP contribution is 2.27. The van der Waals surface area contributed by atoms with E-state index >= 15 is 0 Å². The maximum Gasteiger partial charge on any atom is 0.269 e. The summed E-state index contributed by atoms with van der Waals surface area (Å²) < 4.78 is 26.6. The highest BCUT2D eigenvalue weighted by atomic mass is 79.9. The monoisotopic (exact) mass is 297 g/mol. The maximum absolute atomic E-state index is 12.4. The van der Waals surface area contributed by atoms with Gasteiger partial charge in [0.15, 0.2) is 6.10 Å². The van der Waals surface area contributed by atoms with Crippen LogP contribution in [0.1, 0.15) is 11.8 Å². The van der Waals surface area contributed by atoms with Crippen molar-refractivity contribution in [2.45, 2.75) is 19.1 Å². The minimum Gasteiger partial charge on any atom is -0.381 e. The van der Waals surface area contributed by atoms with Gasteiger partial charge in [0.05, 0.1) is 22.9 Å². The van der Waals surface area contributed by atoms with Gasteiger partial charge in [0, 0.05) is 6.54 Å². The molecular formula is C9H14BrF2N3O. The van der Waals surface area contributed by atoms with Gasteiger partial charge in [-0.15, -0.1) is 0 Å². The molecule has 4 nitrogen and oxygen atoms in total. The predicted molar refractivity (Wildman–Crippen MR) is 59.4 cm³/mol. The van der Waals surface area contributed by atoms with Gasteiger partial charge in [-0.2, -0.15) is 5.10 Å². The van der Waals surface area contributed by atoms with Crippen LogP contribution in [0.3, 0.4) is 0 Å². The van der Waals surface area contributed by atoms with Crippen LogP contribution in [0.4, 0.5) is 8.78 Å². The van der Waals surface area contributed by atoms with Crippen molar-refractivity contribution in [3.63, 3.8) is 0 Å². The number of aromatic nitrogens is 2. The third-order valence-electron chi connectivity index (χ3n) is 2.11. The Morgan fingerprint density at radius 3 is 2.69 bits per heavy atom. The number of hydrogen-bond donors (Lipinski definition) is 1. The Morgan fingerprint density at radius 2 is 2.19 bits per heavy atom. The van der Waals surface area contributed by atoms with Gasteiger partial charge in [0.2, 0.25) is 0 Å². The molecule has 0 radical (unpaired) electrons. The lowest BCUT2D eigenvalue weighted by molar-refractivity contribution is -0.0113. The second kappa shape index (κ2) is 5.70. The lowest BCUT2D eigenvalue weighted by Gasteiger charge is -2.15. The largest absolute Gasteiger partial charge is 0.381 e. The average Bonchev–Trinajstić information content (AvgIpc) is 2.55. The van der Waals surface area contributed by atoms with Crippen LogP contribution in [0.5, 0.6) is 0 Å². The Hall–Kier alpha value is -0.530. The molecule has 0 aliphatic heterocycles. The zero-order chi connectivity index (χ0) is 12.3. The molecule has 0 aromatic carbocycles. The molecule has 1 atom stereocenters. The Balaban J connectivity index is 2.85. The highest BCUT2D eigenvalue weighted by Gasteiger charge is 2.25. The first-order valence-corrected chi connectivity index (χ1v) is 5.55. The summed E-state index contributed by atoms with van der Waals surface area (Å²) in [4.78, 5) is 1.91. The Bertz CT molecular complexity index is 343. The molecule has 1 rings (SSSR count). The zero-order valence-corrected chi connectivity index (χ0v) is 10.7. The molecule has 1 unspecified atom stereocenters. The Morgan fingerprint density at radius 1 is 1.56 bits per heavy atom. The van der Waals surface area contributed by atoms with Gasteiger partial charge in [-0.1, -0.05) is 0 Å². The molecule has 16 heavy (non-hydrogen) atoms. The van der Waals surface area contributed by atoms with Crippen LogP contribution >= 0.6 is 15.9 Å². The molecule has 0 fully saturated rings. The van der Waals surface area contributed by atoms with Gasteiger partial charge in [-0.25, -0.2) is 8.78 Å². The molecule has 7 heteroatoms. The Labute approximate surface area is 101 Å². The van der Waals surface area contributed by atoms with E-state index in [9.17, 15) is 13.9 Å². The molecule has 0 bridgehead atoms. The summed E-state index contributed by atoms with van der Waals surface area (Å²) in [5.74, 6) is 0. The first kappa shape index (κ1) is 13.5. The molecule has 0 saturated heterocycles. The second-order valence-corrected chi connectivity index (χ2v) is 4.54. The topological polar surface area (TPSA) is 41.3 Å². The van der Waals surface area contributed by atoms with Crippen molar-refractivity contribution in [1.82, 2.24) is 14.7 Å². The van der Waals surface area contributed by atoms with E-state index in [0.29, 0.717) is 17.6 Å². The average molecular weight is 298 g/mol. The highest BCUT2D eigenvalue weighted by molar-refractivity contribution is 9.10. The fourth-order valence-electron chi connectivity index (χ4n) is 1.26. The van der Waals surface area contributed by atoms with E-state index in [1.54, 1.807) is 0 Å². The van der Waals surface area contributed by atoms with Crippen LogP contribution in [0.15, 0.2) is 10.7 Å². The third kappa shape index (κ3) is 3.23. The lowest BCUT2D eigenvalue weighted by atomic mass is 10.2. The van der Waals surface area contributed by atoms with E-state index in [4.69, 9.17) is 0 Å². The van der Waals surface area contributed by atoms with Crippen molar-refractivity contribution in [3.8, 4) is 0 Å². The minimum atomic E-state index is -2.81. The van der Waals surface area contributed by atoms with Crippen LogP contribution in [-0.2, 0) is 6.54 Å². The van der Waals surface area contributed by atoms with Gasteiger partial charge in [0.1, 0.15) is 0 Å². The van der Waals surface area contributed by atoms with Gasteiger partial charge in [-0.05, 0) is 30.0 Å². The number of rotatable bonds is 5. The SMILES string of the molecule is CN(C)CCn1ncc(Br)c1C(O)C(F)F. The first-order valence-electron chi connectivity index (χ1n) is 4.75. The normalized spacial score (nSPS) is 13.8. The van der Waals surface area contributed by atoms with Gasteiger partial charge < -0.3 is 10.0 Å². The summed E-state index contributed by atoms with van der Waals surface area (Å²) in [5, 5.41) is 13.3. The molecule has 1 N–H and O–H groups in total. The van der Waals surface area contributed by atoms with Gasteiger partial charge in [0.25, 0.3) is 6.43 Å². The number of halogens is 3. The predicted octanol–water partition coefficient (Wildman–Crippen LogP) is 1.51. The van der Waals surface area contributed by atoms with E-state index in [0.717, 1.165) is 0 Å². The molecule has 1 aromatic heterocycles. The van der Waals surface area contributed by atoms with Crippen LogP contribution in [0, 0.1) is 0 Å². The molecule has 1 heterocycles. The van der Waals surface area contributed by atoms with E-state index in [-0.39, 0.29) is 5.69 Å². The van der Waals surface area contributed by atoms with Crippen LogP contribution in [-0.4, -0.2) is 46.9 Å². The molecule has 0 saturated carbocycles. The van der Waals surface area contributed by atoms with Crippen LogP contribution in [0.25, 0.3) is 0 Å². The molecule has 92 valence electrons. The summed E-state index contributed by atoms with van der Waals surface area (Å²) in [6.07, 6.45) is -3.21. The molecule has 0 spiro atoms. The summed E-state index contributed by atoms with van der Waals surface area (Å²) in [6, 6.07) is 0. The molecule has 0 amide bonds. The fourth-order valence-corrected chi connectivity index (χ4v) is 1.79. The van der Waals surface area contributed by atoms with Crippen LogP contribution < -0.4 is 0 Å². The van der Waals surface area contributed by atoms with Gasteiger partial charge >= 0.3 is 0 Å². The third-order valence-corrected chi connectivity index (χ3v) is 2.72. The lowest BCUT2D eigenvalue weighted by Crippen LogP contribution is -2.22. The summed E-state index contributed by atoms with van der Waals surface area (Å²) in [6.45, 7) is 1.12. The molecule has 1 aromatic rings. The molecular weight excluding hydrogens is 284 g/mol. The number of hydrogen-bond acceptors (Lipinski definition) is 3. The van der Waals surface area contributed by atoms with Crippen molar-refractivity contribution in [2.24, 2.45) is 0 Å². The molecule has 0 aliphatic carbocycles. The Kier molecular flexibility index (Phi) is 4.82. The fraction of sp³-hybridized carbons (Fsp3) is 0.667. The van der Waals surface area contributed by atoms with Crippen LogP contribution in [0.2, 0.25) is 0 Å². The number of likely N-dealkylation sites (N-methyl/N-ethyl adjacent to an activating group) is 1. The van der Waals surface area contributed by atoms with Crippen molar-refractivity contribution in [2.75, 3.05) is 20.6 Å². The van der Waals surface area contributed by atoms with Crippen molar-refractivity contribution in [3.05, 3.63) is 16.4 Å². The second-order valence-electron chi connectivity index (χ2n) is 3.68. The standard InChI is InChI=1S/C9H14BrF2N3O/c1-14(2)3-4-15-7(6(10)5-13-15)8(16)9(11)12/h5,8-9,16H,3-4H2,1-2H3. The van der Waals surface area contributed by atoms with Gasteiger partial charge in [-0.3, -0.25) is 4.68 Å². The summed E-state index contributed by atoms with van der Waals surface area (Å²) >= 11 is 3.10. The summed E-state index contributed by atoms with van der Waals surface area (Å²) in [7, 11) is 3.75. The molecule has 0 aliphatic rings. The zero-order valence-electron chi connectivity index (χ0n) is 9.07. The van der Waals surface area contributed by atoms with E-state index in [1.807, 2.05) is 19.0 Å². The number of aliphatic hydroxyl groups excluding tert-OH is 1. The van der Waals surface area contributed by atoms with Crippen molar-refractivity contribution >= 4 is 15.9 Å². The maximum atomic E-state index is 12.4. The van der Waals surface area contributed by atoms with E-state index in [1.165, 1.54) is 10.9 Å². The van der Waals surface area contributed by atoms with E-state index < -0.39 is 12.5 Å². The van der Waals surface area contributed by atoms with Crippen molar-refractivity contribution < 1.29 is 13.9 Å². The number of alkyl halides is 2. The first-order chi connectivity index (χ1) is 7.43. The number of aliphatic hydroxyl groups is 1. The summed E-state index contributed by atoms with van der Waals surface area (Å²) in [5.41, 5.74) is 0.122. The quantitative estimate of drug-likeness (QED) is 0.896. The number of nitrogens with zero attached hydrogens (tertiary/aromatic N) is 3. The minimum absolute atomic E-state index is 0.122. The van der Waals surface area contributed by atoms with E-state index in [2.05, 4.69) is 21.0 Å². The smallest absolute Gasteiger partial charge is 0.269 e. The van der Waals surface area contributed by atoms with Crippen molar-refractivity contribution in [1.29, 1.82) is 0 Å².